The molecule has 2 rings (SSSR count). The normalized spacial score (nSPS) is 14.1. The second kappa shape index (κ2) is 8.79. The summed E-state index contributed by atoms with van der Waals surface area (Å²) in [6.45, 7) is 6.56. The van der Waals surface area contributed by atoms with Crippen LogP contribution in [0.1, 0.15) is 44.6 Å². The number of carbonyl (C=O) groups is 1. The van der Waals surface area contributed by atoms with Crippen molar-refractivity contribution in [2.45, 2.75) is 39.0 Å². The number of hydrogen-bond acceptors (Lipinski definition) is 3. The third-order valence-electron chi connectivity index (χ3n) is 3.73. The average molecular weight is 305 g/mol. The second-order valence-corrected chi connectivity index (χ2v) is 6.24. The van der Waals surface area contributed by atoms with Gasteiger partial charge in [-0.2, -0.15) is 0 Å². The van der Waals surface area contributed by atoms with Crippen LogP contribution in [0.15, 0.2) is 24.3 Å². The largest absolute Gasteiger partial charge is 0.484 e. The lowest BCUT2D eigenvalue weighted by molar-refractivity contribution is -0.123. The maximum Gasteiger partial charge on any atom is 0.257 e. The van der Waals surface area contributed by atoms with Crippen molar-refractivity contribution in [1.29, 1.82) is 0 Å². The Hall–Kier alpha value is -1.55. The Morgan fingerprint density at radius 2 is 2.18 bits per heavy atom. The molecule has 0 aromatic heterocycles. The molecule has 0 saturated heterocycles. The summed E-state index contributed by atoms with van der Waals surface area (Å²) < 4.78 is 11.1. The highest BCUT2D eigenvalue weighted by molar-refractivity contribution is 5.77. The van der Waals surface area contributed by atoms with Gasteiger partial charge in [0.2, 0.25) is 0 Å². The summed E-state index contributed by atoms with van der Waals surface area (Å²) in [5.41, 5.74) is 1.21. The molecule has 122 valence electrons. The molecule has 1 saturated carbocycles. The molecule has 1 aliphatic rings. The van der Waals surface area contributed by atoms with Crippen LogP contribution in [0.4, 0.5) is 0 Å². The van der Waals surface area contributed by atoms with Crippen molar-refractivity contribution in [3.63, 3.8) is 0 Å². The van der Waals surface area contributed by atoms with Gasteiger partial charge < -0.3 is 14.8 Å². The van der Waals surface area contributed by atoms with Gasteiger partial charge in [-0.1, -0.05) is 26.0 Å². The number of carbonyl (C=O) groups excluding carboxylic acids is 1. The van der Waals surface area contributed by atoms with Gasteiger partial charge in [0.25, 0.3) is 5.91 Å². The quantitative estimate of drug-likeness (QED) is 0.676. The van der Waals surface area contributed by atoms with Crippen molar-refractivity contribution in [1.82, 2.24) is 5.32 Å². The van der Waals surface area contributed by atoms with Gasteiger partial charge in [0.15, 0.2) is 6.61 Å². The van der Waals surface area contributed by atoms with E-state index >= 15 is 0 Å². The molecule has 1 amide bonds. The van der Waals surface area contributed by atoms with Crippen LogP contribution in [0.3, 0.4) is 0 Å². The summed E-state index contributed by atoms with van der Waals surface area (Å²) in [5, 5.41) is 2.85. The third kappa shape index (κ3) is 6.48. The highest BCUT2D eigenvalue weighted by Gasteiger charge is 2.20. The van der Waals surface area contributed by atoms with E-state index in [-0.39, 0.29) is 12.5 Å². The van der Waals surface area contributed by atoms with Crippen LogP contribution in [0.5, 0.6) is 5.75 Å². The lowest BCUT2D eigenvalue weighted by Gasteiger charge is -2.10. The number of nitrogens with one attached hydrogen (secondary N) is 1. The Bertz CT molecular complexity index is 469. The number of ether oxygens (including phenoxy) is 2. The average Bonchev–Trinajstić information content (AvgIpc) is 3.33. The van der Waals surface area contributed by atoms with Crippen LogP contribution in [-0.4, -0.2) is 32.3 Å². The van der Waals surface area contributed by atoms with Crippen molar-refractivity contribution in [3.05, 3.63) is 29.8 Å². The van der Waals surface area contributed by atoms with Gasteiger partial charge >= 0.3 is 0 Å². The van der Waals surface area contributed by atoms with E-state index in [0.717, 1.165) is 24.7 Å². The molecule has 0 heterocycles. The van der Waals surface area contributed by atoms with Gasteiger partial charge in [-0.15, -0.1) is 0 Å². The number of rotatable bonds is 10. The Balaban J connectivity index is 1.55. The van der Waals surface area contributed by atoms with E-state index in [2.05, 4.69) is 25.2 Å². The fourth-order valence-electron chi connectivity index (χ4n) is 2.10. The molecule has 1 aliphatic carbocycles. The fourth-order valence-corrected chi connectivity index (χ4v) is 2.10. The first-order chi connectivity index (χ1) is 10.6. The summed E-state index contributed by atoms with van der Waals surface area (Å²) in [5.74, 6) is 1.91. The Labute approximate surface area is 133 Å². The smallest absolute Gasteiger partial charge is 0.257 e. The number of benzene rings is 1. The van der Waals surface area contributed by atoms with Crippen molar-refractivity contribution in [3.8, 4) is 5.75 Å². The fraction of sp³-hybridized carbons (Fsp3) is 0.611. The Morgan fingerprint density at radius 1 is 1.36 bits per heavy atom. The zero-order chi connectivity index (χ0) is 15.8. The summed E-state index contributed by atoms with van der Waals surface area (Å²) >= 11 is 0. The van der Waals surface area contributed by atoms with Gasteiger partial charge in [-0.3, -0.25) is 4.79 Å². The van der Waals surface area contributed by atoms with Gasteiger partial charge in [0.1, 0.15) is 5.75 Å². The summed E-state index contributed by atoms with van der Waals surface area (Å²) in [6.07, 6.45) is 3.47. The molecule has 22 heavy (non-hydrogen) atoms. The standard InChI is InChI=1S/C18H27NO3/c1-14(2)16-5-3-6-17(11-16)22-13-18(20)19-9-4-10-21-12-15-7-8-15/h3,5-6,11,14-15H,4,7-10,12-13H2,1-2H3,(H,19,20). The van der Waals surface area contributed by atoms with Crippen LogP contribution >= 0.6 is 0 Å². The first-order valence-corrected chi connectivity index (χ1v) is 8.22. The summed E-state index contributed by atoms with van der Waals surface area (Å²) in [7, 11) is 0. The highest BCUT2D eigenvalue weighted by atomic mass is 16.5. The molecule has 0 unspecified atom stereocenters. The zero-order valence-corrected chi connectivity index (χ0v) is 13.6. The lowest BCUT2D eigenvalue weighted by Crippen LogP contribution is -2.30. The SMILES string of the molecule is CC(C)c1cccc(OCC(=O)NCCCOCC2CC2)c1. The van der Waals surface area contributed by atoms with E-state index in [0.29, 0.717) is 19.1 Å². The van der Waals surface area contributed by atoms with Crippen molar-refractivity contribution in [2.75, 3.05) is 26.4 Å². The number of hydrogen-bond donors (Lipinski definition) is 1. The zero-order valence-electron chi connectivity index (χ0n) is 13.6. The molecule has 0 atom stereocenters. The van der Waals surface area contributed by atoms with Gasteiger partial charge in [-0.25, -0.2) is 0 Å². The molecule has 0 radical (unpaired) electrons. The molecule has 0 bridgehead atoms. The summed E-state index contributed by atoms with van der Waals surface area (Å²) in [4.78, 5) is 11.7. The van der Waals surface area contributed by atoms with E-state index in [4.69, 9.17) is 9.47 Å². The molecular formula is C18H27NO3. The Kier molecular flexibility index (Phi) is 6.72. The summed E-state index contributed by atoms with van der Waals surface area (Å²) in [6, 6.07) is 7.90. The first-order valence-electron chi connectivity index (χ1n) is 8.22. The van der Waals surface area contributed by atoms with Crippen LogP contribution < -0.4 is 10.1 Å². The van der Waals surface area contributed by atoms with Gasteiger partial charge in [0, 0.05) is 19.8 Å². The topological polar surface area (TPSA) is 47.6 Å². The molecule has 1 aromatic rings. The maximum atomic E-state index is 11.7. The van der Waals surface area contributed by atoms with Crippen LogP contribution in [0.2, 0.25) is 0 Å². The number of amides is 1. The highest BCUT2D eigenvalue weighted by Crippen LogP contribution is 2.28. The minimum atomic E-state index is -0.0860. The Morgan fingerprint density at radius 3 is 2.91 bits per heavy atom. The van der Waals surface area contributed by atoms with E-state index in [1.807, 2.05) is 18.2 Å². The molecule has 0 aliphatic heterocycles. The van der Waals surface area contributed by atoms with E-state index in [9.17, 15) is 4.79 Å². The van der Waals surface area contributed by atoms with E-state index in [1.165, 1.54) is 18.4 Å². The lowest BCUT2D eigenvalue weighted by atomic mass is 10.0. The minimum Gasteiger partial charge on any atom is -0.484 e. The van der Waals surface area contributed by atoms with E-state index in [1.54, 1.807) is 0 Å². The third-order valence-corrected chi connectivity index (χ3v) is 3.73. The maximum absolute atomic E-state index is 11.7. The van der Waals surface area contributed by atoms with Crippen molar-refractivity contribution in [2.24, 2.45) is 5.92 Å². The molecule has 1 fully saturated rings. The van der Waals surface area contributed by atoms with Crippen molar-refractivity contribution < 1.29 is 14.3 Å². The van der Waals surface area contributed by atoms with Crippen LogP contribution in [0, 0.1) is 5.92 Å². The van der Waals surface area contributed by atoms with Crippen LogP contribution in [0.25, 0.3) is 0 Å². The van der Waals surface area contributed by atoms with Crippen molar-refractivity contribution >= 4 is 5.91 Å². The molecule has 4 heteroatoms. The molecule has 1 aromatic carbocycles. The first kappa shape index (κ1) is 16.8. The van der Waals surface area contributed by atoms with Gasteiger partial charge in [0.05, 0.1) is 0 Å². The predicted molar refractivity (Wildman–Crippen MR) is 87.2 cm³/mol. The second-order valence-electron chi connectivity index (χ2n) is 6.24. The molecular weight excluding hydrogens is 278 g/mol. The predicted octanol–water partition coefficient (Wildman–Crippen LogP) is 3.12. The molecule has 1 N–H and O–H groups in total. The van der Waals surface area contributed by atoms with E-state index < -0.39 is 0 Å². The molecule has 0 spiro atoms. The van der Waals surface area contributed by atoms with Gasteiger partial charge in [-0.05, 0) is 48.8 Å². The van der Waals surface area contributed by atoms with Crippen LogP contribution in [-0.2, 0) is 9.53 Å². The molecule has 4 nitrogen and oxygen atoms in total. The monoisotopic (exact) mass is 305 g/mol. The minimum absolute atomic E-state index is 0.0600.